The third-order valence-corrected chi connectivity index (χ3v) is 4.18. The summed E-state index contributed by atoms with van der Waals surface area (Å²) in [7, 11) is 0. The minimum atomic E-state index is -0.814. The smallest absolute Gasteiger partial charge is 0.320 e. The summed E-state index contributed by atoms with van der Waals surface area (Å²) in [5.41, 5.74) is 0. The molecule has 2 amide bonds. The number of carboxylic acids is 1. The molecule has 2 heterocycles. The Kier molecular flexibility index (Phi) is 5.05. The summed E-state index contributed by atoms with van der Waals surface area (Å²) < 4.78 is 5.64. The average Bonchev–Trinajstić information content (AvgIpc) is 2.44. The summed E-state index contributed by atoms with van der Waals surface area (Å²) in [4.78, 5) is 29.1. The van der Waals surface area contributed by atoms with E-state index in [0.717, 1.165) is 0 Å². The van der Waals surface area contributed by atoms with Gasteiger partial charge < -0.3 is 19.6 Å². The van der Waals surface area contributed by atoms with Crippen molar-refractivity contribution in [2.24, 2.45) is 0 Å². The van der Waals surface area contributed by atoms with E-state index in [2.05, 4.69) is 0 Å². The van der Waals surface area contributed by atoms with Crippen LogP contribution in [-0.2, 0) is 9.53 Å². The molecule has 7 nitrogen and oxygen atoms in total. The fraction of sp³-hybridized carbons (Fsp3) is 0.857. The molecule has 0 radical (unpaired) electrons. The Bertz CT molecular complexity index is 386. The minimum absolute atomic E-state index is 0.0413. The quantitative estimate of drug-likeness (QED) is 0.794. The standard InChI is InChI=1S/C14H25N3O4/c1-10-8-17(9-11(2)21-10)14(20)16-6-4-15(5-7-16)12(3)13(18)19/h10-12H,4-9H2,1-3H3,(H,18,19)/t10-,11+,12?. The number of hydrogen-bond acceptors (Lipinski definition) is 4. The Hall–Kier alpha value is -1.34. The molecule has 0 aromatic heterocycles. The van der Waals surface area contributed by atoms with E-state index in [4.69, 9.17) is 9.84 Å². The number of carboxylic acid groups (broad SMARTS) is 1. The summed E-state index contributed by atoms with van der Waals surface area (Å²) in [6.07, 6.45) is 0.122. The number of carbonyl (C=O) groups is 2. The first-order chi connectivity index (χ1) is 9.88. The van der Waals surface area contributed by atoms with Gasteiger partial charge >= 0.3 is 12.0 Å². The van der Waals surface area contributed by atoms with Crippen LogP contribution in [0.4, 0.5) is 4.79 Å². The highest BCUT2D eigenvalue weighted by molar-refractivity contribution is 5.75. The lowest BCUT2D eigenvalue weighted by atomic mass is 10.2. The van der Waals surface area contributed by atoms with Crippen LogP contribution in [0, 0.1) is 0 Å². The highest BCUT2D eigenvalue weighted by Crippen LogP contribution is 2.15. The highest BCUT2D eigenvalue weighted by Gasteiger charge is 2.32. The Balaban J connectivity index is 1.87. The van der Waals surface area contributed by atoms with Crippen molar-refractivity contribution in [3.8, 4) is 0 Å². The van der Waals surface area contributed by atoms with E-state index in [1.807, 2.05) is 28.5 Å². The van der Waals surface area contributed by atoms with Gasteiger partial charge in [-0.2, -0.15) is 0 Å². The first kappa shape index (κ1) is 16.0. The molecule has 1 N–H and O–H groups in total. The maximum absolute atomic E-state index is 12.5. The topological polar surface area (TPSA) is 73.3 Å². The number of hydrogen-bond donors (Lipinski definition) is 1. The van der Waals surface area contributed by atoms with Gasteiger partial charge in [0.15, 0.2) is 0 Å². The summed E-state index contributed by atoms with van der Waals surface area (Å²) in [6.45, 7) is 9.25. The summed E-state index contributed by atoms with van der Waals surface area (Å²) in [5.74, 6) is -0.814. The molecular weight excluding hydrogens is 274 g/mol. The maximum Gasteiger partial charge on any atom is 0.320 e. The largest absolute Gasteiger partial charge is 0.480 e. The predicted octanol–water partition coefficient (Wildman–Crippen LogP) is 0.306. The van der Waals surface area contributed by atoms with E-state index >= 15 is 0 Å². The number of nitrogens with zero attached hydrogens (tertiary/aromatic N) is 3. The van der Waals surface area contributed by atoms with E-state index in [1.165, 1.54) is 0 Å². The molecule has 2 rings (SSSR count). The van der Waals surface area contributed by atoms with Gasteiger partial charge in [0.25, 0.3) is 0 Å². The number of carbonyl (C=O) groups excluding carboxylic acids is 1. The van der Waals surface area contributed by atoms with Gasteiger partial charge in [-0.1, -0.05) is 0 Å². The van der Waals surface area contributed by atoms with Gasteiger partial charge in [0, 0.05) is 39.3 Å². The van der Waals surface area contributed by atoms with Gasteiger partial charge in [0.2, 0.25) is 0 Å². The molecular formula is C14H25N3O4. The second-order valence-corrected chi connectivity index (χ2v) is 5.98. The SMILES string of the molecule is CC(C(=O)O)N1CCN(C(=O)N2C[C@@H](C)O[C@@H](C)C2)CC1. The molecule has 0 aromatic rings. The van der Waals surface area contributed by atoms with E-state index in [1.54, 1.807) is 6.92 Å². The number of urea groups is 1. The van der Waals surface area contributed by atoms with Crippen LogP contribution in [0.2, 0.25) is 0 Å². The molecule has 0 spiro atoms. The van der Waals surface area contributed by atoms with E-state index in [9.17, 15) is 9.59 Å². The van der Waals surface area contributed by atoms with Gasteiger partial charge in [-0.3, -0.25) is 9.69 Å². The van der Waals surface area contributed by atoms with Crippen molar-refractivity contribution in [1.29, 1.82) is 0 Å². The van der Waals surface area contributed by atoms with Crippen LogP contribution in [0.15, 0.2) is 0 Å². The molecule has 0 aromatic carbocycles. The van der Waals surface area contributed by atoms with Crippen molar-refractivity contribution in [2.45, 2.75) is 39.0 Å². The van der Waals surface area contributed by atoms with Crippen molar-refractivity contribution < 1.29 is 19.4 Å². The van der Waals surface area contributed by atoms with Crippen molar-refractivity contribution in [3.05, 3.63) is 0 Å². The molecule has 2 fully saturated rings. The van der Waals surface area contributed by atoms with Crippen LogP contribution >= 0.6 is 0 Å². The van der Waals surface area contributed by atoms with Crippen LogP contribution in [0.3, 0.4) is 0 Å². The third-order valence-electron chi connectivity index (χ3n) is 4.18. The third kappa shape index (κ3) is 3.85. The fourth-order valence-electron chi connectivity index (χ4n) is 2.99. The number of aliphatic carboxylic acids is 1. The zero-order valence-electron chi connectivity index (χ0n) is 13.0. The first-order valence-electron chi connectivity index (χ1n) is 7.54. The molecule has 1 unspecified atom stereocenters. The Labute approximate surface area is 125 Å². The van der Waals surface area contributed by atoms with Crippen molar-refractivity contribution in [3.63, 3.8) is 0 Å². The average molecular weight is 299 g/mol. The van der Waals surface area contributed by atoms with Crippen molar-refractivity contribution in [1.82, 2.24) is 14.7 Å². The van der Waals surface area contributed by atoms with Gasteiger partial charge in [-0.25, -0.2) is 4.79 Å². The molecule has 0 aliphatic carbocycles. The monoisotopic (exact) mass is 299 g/mol. The summed E-state index contributed by atoms with van der Waals surface area (Å²) >= 11 is 0. The maximum atomic E-state index is 12.5. The minimum Gasteiger partial charge on any atom is -0.480 e. The Morgan fingerprint density at radius 2 is 1.57 bits per heavy atom. The van der Waals surface area contributed by atoms with Gasteiger partial charge in [-0.15, -0.1) is 0 Å². The molecule has 2 aliphatic heterocycles. The molecule has 2 aliphatic rings. The van der Waals surface area contributed by atoms with Crippen LogP contribution in [-0.4, -0.2) is 89.3 Å². The number of morpholine rings is 1. The summed E-state index contributed by atoms with van der Waals surface area (Å²) in [6, 6.07) is -0.453. The van der Waals surface area contributed by atoms with Gasteiger partial charge in [0.1, 0.15) is 6.04 Å². The summed E-state index contributed by atoms with van der Waals surface area (Å²) in [5, 5.41) is 9.03. The zero-order valence-corrected chi connectivity index (χ0v) is 13.0. The second-order valence-electron chi connectivity index (χ2n) is 5.98. The number of amides is 2. The van der Waals surface area contributed by atoms with Crippen molar-refractivity contribution in [2.75, 3.05) is 39.3 Å². The van der Waals surface area contributed by atoms with Crippen LogP contribution in [0.25, 0.3) is 0 Å². The van der Waals surface area contributed by atoms with Crippen molar-refractivity contribution >= 4 is 12.0 Å². The lowest BCUT2D eigenvalue weighted by Gasteiger charge is -2.41. The van der Waals surface area contributed by atoms with E-state index < -0.39 is 12.0 Å². The molecule has 120 valence electrons. The van der Waals surface area contributed by atoms with Gasteiger partial charge in [-0.05, 0) is 20.8 Å². The van der Waals surface area contributed by atoms with E-state index in [-0.39, 0.29) is 18.2 Å². The Morgan fingerprint density at radius 1 is 1.05 bits per heavy atom. The first-order valence-corrected chi connectivity index (χ1v) is 7.54. The highest BCUT2D eigenvalue weighted by atomic mass is 16.5. The second kappa shape index (κ2) is 6.62. The zero-order chi connectivity index (χ0) is 15.6. The number of rotatable bonds is 2. The van der Waals surface area contributed by atoms with Gasteiger partial charge in [0.05, 0.1) is 12.2 Å². The number of ether oxygens (including phenoxy) is 1. The molecule has 7 heteroatoms. The predicted molar refractivity (Wildman–Crippen MR) is 77.2 cm³/mol. The molecule has 2 saturated heterocycles. The number of piperazine rings is 1. The molecule has 3 atom stereocenters. The molecule has 0 saturated carbocycles. The van der Waals surface area contributed by atoms with Crippen LogP contribution < -0.4 is 0 Å². The lowest BCUT2D eigenvalue weighted by molar-refractivity contribution is -0.143. The fourth-order valence-corrected chi connectivity index (χ4v) is 2.99. The van der Waals surface area contributed by atoms with E-state index in [0.29, 0.717) is 39.3 Å². The van der Waals surface area contributed by atoms with Crippen LogP contribution in [0.1, 0.15) is 20.8 Å². The lowest BCUT2D eigenvalue weighted by Crippen LogP contribution is -2.58. The normalized spacial score (nSPS) is 29.3. The van der Waals surface area contributed by atoms with Crippen LogP contribution in [0.5, 0.6) is 0 Å². The molecule has 21 heavy (non-hydrogen) atoms. The molecule has 0 bridgehead atoms. The Morgan fingerprint density at radius 3 is 2.05 bits per heavy atom.